The van der Waals surface area contributed by atoms with Crippen LogP contribution >= 0.6 is 0 Å². The Kier molecular flexibility index (Phi) is 3.59. The van der Waals surface area contributed by atoms with Gasteiger partial charge in [0.1, 0.15) is 17.3 Å². The zero-order valence-corrected chi connectivity index (χ0v) is 11.3. The maximum Gasteiger partial charge on any atom is 0.343 e. The number of aromatic amines is 1. The van der Waals surface area contributed by atoms with E-state index in [1.54, 1.807) is 29.0 Å². The summed E-state index contributed by atoms with van der Waals surface area (Å²) in [7, 11) is 0. The Balaban J connectivity index is 1.77. The van der Waals surface area contributed by atoms with Crippen molar-refractivity contribution in [1.29, 1.82) is 0 Å². The van der Waals surface area contributed by atoms with Crippen molar-refractivity contribution in [1.82, 2.24) is 14.8 Å². The topological polar surface area (TPSA) is 84.0 Å². The average molecular weight is 285 g/mol. The fraction of sp³-hybridized carbons (Fsp3) is 0.200. The molecule has 0 radical (unpaired) electrons. The van der Waals surface area contributed by atoms with Gasteiger partial charge in [0, 0.05) is 6.42 Å². The number of hydrogen-bond donors (Lipinski definition) is 2. The van der Waals surface area contributed by atoms with Gasteiger partial charge in [-0.2, -0.15) is 5.10 Å². The monoisotopic (exact) mass is 285 g/mol. The van der Waals surface area contributed by atoms with Crippen molar-refractivity contribution in [3.05, 3.63) is 70.3 Å². The van der Waals surface area contributed by atoms with Crippen LogP contribution in [0.3, 0.4) is 0 Å². The van der Waals surface area contributed by atoms with Gasteiger partial charge in [-0.05, 0) is 30.2 Å². The molecule has 6 heteroatoms. The van der Waals surface area contributed by atoms with Crippen molar-refractivity contribution >= 4 is 0 Å². The molecule has 0 saturated heterocycles. The van der Waals surface area contributed by atoms with Crippen LogP contribution in [0.4, 0.5) is 0 Å². The van der Waals surface area contributed by atoms with Crippen molar-refractivity contribution in [3.8, 4) is 5.75 Å². The number of benzene rings is 1. The molecule has 0 atom stereocenters. The highest BCUT2D eigenvalue weighted by atomic mass is 16.3. The number of phenolic OH excluding ortho intramolecular Hbond substituents is 1. The van der Waals surface area contributed by atoms with Crippen LogP contribution in [0, 0.1) is 0 Å². The highest BCUT2D eigenvalue weighted by molar-refractivity contribution is 5.32. The summed E-state index contributed by atoms with van der Waals surface area (Å²) in [5, 5.41) is 16.3. The first-order valence-corrected chi connectivity index (χ1v) is 6.67. The second-order valence-corrected chi connectivity index (χ2v) is 4.74. The number of H-pyrrole nitrogens is 1. The highest BCUT2D eigenvalue weighted by Gasteiger charge is 2.11. The standard InChI is InChI=1S/C15H15N3O3/c19-13-6-2-1-4-11(13)7-8-14-16-17-15(20)18(14)10-12-5-3-9-21-12/h1-6,9,19H,7-8,10H2,(H,17,20). The van der Waals surface area contributed by atoms with E-state index in [2.05, 4.69) is 10.2 Å². The molecule has 0 spiro atoms. The Morgan fingerprint density at radius 2 is 2.05 bits per heavy atom. The number of aryl methyl sites for hydroxylation is 2. The van der Waals surface area contributed by atoms with Gasteiger partial charge in [-0.25, -0.2) is 9.89 Å². The third kappa shape index (κ3) is 2.89. The van der Waals surface area contributed by atoms with Crippen LogP contribution < -0.4 is 5.69 Å². The molecule has 108 valence electrons. The number of hydrogen-bond acceptors (Lipinski definition) is 4. The van der Waals surface area contributed by atoms with Gasteiger partial charge in [0.05, 0.1) is 12.8 Å². The molecule has 0 bridgehead atoms. The normalized spacial score (nSPS) is 10.9. The van der Waals surface area contributed by atoms with Crippen molar-refractivity contribution in [2.45, 2.75) is 19.4 Å². The van der Waals surface area contributed by atoms with E-state index in [9.17, 15) is 9.90 Å². The van der Waals surface area contributed by atoms with E-state index in [1.807, 2.05) is 18.2 Å². The summed E-state index contributed by atoms with van der Waals surface area (Å²) in [6.07, 6.45) is 2.73. The van der Waals surface area contributed by atoms with Crippen LogP contribution in [0.2, 0.25) is 0 Å². The van der Waals surface area contributed by atoms with Crippen molar-refractivity contribution in [2.75, 3.05) is 0 Å². The number of aromatic hydroxyl groups is 1. The maximum absolute atomic E-state index is 11.8. The summed E-state index contributed by atoms with van der Waals surface area (Å²) in [6.45, 7) is 0.346. The van der Waals surface area contributed by atoms with E-state index in [4.69, 9.17) is 4.42 Å². The number of rotatable bonds is 5. The van der Waals surface area contributed by atoms with Crippen LogP contribution in [0.1, 0.15) is 17.1 Å². The first-order valence-electron chi connectivity index (χ1n) is 6.67. The molecule has 0 amide bonds. The molecule has 0 aliphatic rings. The third-order valence-corrected chi connectivity index (χ3v) is 3.34. The molecule has 6 nitrogen and oxygen atoms in total. The minimum atomic E-state index is -0.265. The summed E-state index contributed by atoms with van der Waals surface area (Å²) in [4.78, 5) is 11.8. The van der Waals surface area contributed by atoms with E-state index in [0.29, 0.717) is 31.0 Å². The van der Waals surface area contributed by atoms with E-state index >= 15 is 0 Å². The smallest absolute Gasteiger partial charge is 0.343 e. The molecule has 2 heterocycles. The summed E-state index contributed by atoms with van der Waals surface area (Å²) in [5.41, 5.74) is 0.566. The summed E-state index contributed by atoms with van der Waals surface area (Å²) in [6, 6.07) is 10.7. The highest BCUT2D eigenvalue weighted by Crippen LogP contribution is 2.17. The van der Waals surface area contributed by atoms with Gasteiger partial charge in [0.2, 0.25) is 0 Å². The molecular weight excluding hydrogens is 270 g/mol. The maximum atomic E-state index is 11.8. The molecule has 0 unspecified atom stereocenters. The molecule has 0 aliphatic carbocycles. The minimum absolute atomic E-state index is 0.257. The number of nitrogens with zero attached hydrogens (tertiary/aromatic N) is 2. The molecule has 1 aromatic carbocycles. The van der Waals surface area contributed by atoms with Crippen LogP contribution in [0.5, 0.6) is 5.75 Å². The number of furan rings is 1. The Morgan fingerprint density at radius 3 is 2.81 bits per heavy atom. The number of aromatic nitrogens is 3. The number of phenols is 1. The van der Waals surface area contributed by atoms with Crippen LogP contribution in [-0.2, 0) is 19.4 Å². The Hall–Kier alpha value is -2.76. The first kappa shape index (κ1) is 13.2. The SMILES string of the molecule is O=c1[nH]nc(CCc2ccccc2O)n1Cc1ccco1. The Bertz CT molecular complexity index is 772. The van der Waals surface area contributed by atoms with Crippen LogP contribution in [0.15, 0.2) is 51.9 Å². The molecule has 2 aromatic heterocycles. The number of para-hydroxylation sites is 1. The zero-order chi connectivity index (χ0) is 14.7. The molecule has 2 N–H and O–H groups in total. The number of nitrogens with one attached hydrogen (secondary N) is 1. The molecule has 3 rings (SSSR count). The van der Waals surface area contributed by atoms with Gasteiger partial charge in [0.15, 0.2) is 0 Å². The fourth-order valence-electron chi connectivity index (χ4n) is 2.23. The zero-order valence-electron chi connectivity index (χ0n) is 11.3. The lowest BCUT2D eigenvalue weighted by Crippen LogP contribution is -2.19. The molecule has 0 aliphatic heterocycles. The van der Waals surface area contributed by atoms with Crippen molar-refractivity contribution < 1.29 is 9.52 Å². The molecule has 0 saturated carbocycles. The second kappa shape index (κ2) is 5.70. The molecule has 3 aromatic rings. The molecular formula is C15H15N3O3. The lowest BCUT2D eigenvalue weighted by molar-refractivity contribution is 0.466. The van der Waals surface area contributed by atoms with E-state index in [0.717, 1.165) is 5.56 Å². The van der Waals surface area contributed by atoms with Gasteiger partial charge in [0.25, 0.3) is 0 Å². The first-order chi connectivity index (χ1) is 10.2. The summed E-state index contributed by atoms with van der Waals surface area (Å²) in [5.74, 6) is 1.59. The summed E-state index contributed by atoms with van der Waals surface area (Å²) < 4.78 is 6.80. The third-order valence-electron chi connectivity index (χ3n) is 3.34. The van der Waals surface area contributed by atoms with Gasteiger partial charge >= 0.3 is 5.69 Å². The van der Waals surface area contributed by atoms with Crippen LogP contribution in [0.25, 0.3) is 0 Å². The molecule has 0 fully saturated rings. The van der Waals surface area contributed by atoms with Crippen molar-refractivity contribution in [2.24, 2.45) is 0 Å². The fourth-order valence-corrected chi connectivity index (χ4v) is 2.23. The minimum Gasteiger partial charge on any atom is -0.508 e. The lowest BCUT2D eigenvalue weighted by Gasteiger charge is -2.05. The predicted molar refractivity (Wildman–Crippen MR) is 76.2 cm³/mol. The second-order valence-electron chi connectivity index (χ2n) is 4.74. The Labute approximate surface area is 120 Å². The summed E-state index contributed by atoms with van der Waals surface area (Å²) >= 11 is 0. The quantitative estimate of drug-likeness (QED) is 0.747. The van der Waals surface area contributed by atoms with Gasteiger partial charge in [-0.3, -0.25) is 4.57 Å². The largest absolute Gasteiger partial charge is 0.508 e. The van der Waals surface area contributed by atoms with E-state index in [-0.39, 0.29) is 11.4 Å². The van der Waals surface area contributed by atoms with E-state index < -0.39 is 0 Å². The van der Waals surface area contributed by atoms with Gasteiger partial charge < -0.3 is 9.52 Å². The molecule has 21 heavy (non-hydrogen) atoms. The predicted octanol–water partition coefficient (Wildman–Crippen LogP) is 1.70. The van der Waals surface area contributed by atoms with Crippen molar-refractivity contribution in [3.63, 3.8) is 0 Å². The Morgan fingerprint density at radius 1 is 1.19 bits per heavy atom. The lowest BCUT2D eigenvalue weighted by atomic mass is 10.1. The van der Waals surface area contributed by atoms with E-state index in [1.165, 1.54) is 0 Å². The van der Waals surface area contributed by atoms with Gasteiger partial charge in [-0.15, -0.1) is 0 Å². The van der Waals surface area contributed by atoms with Crippen LogP contribution in [-0.4, -0.2) is 19.9 Å². The van der Waals surface area contributed by atoms with Gasteiger partial charge in [-0.1, -0.05) is 18.2 Å². The average Bonchev–Trinajstić information content (AvgIpc) is 3.11.